The molecule has 0 bridgehead atoms. The summed E-state index contributed by atoms with van der Waals surface area (Å²) in [4.78, 5) is 31.5. The van der Waals surface area contributed by atoms with Gasteiger partial charge in [0.05, 0.1) is 13.2 Å². The molecule has 372 valence electrons. The van der Waals surface area contributed by atoms with Crippen molar-refractivity contribution < 1.29 is 19.1 Å². The number of ether oxygens (including phenoxy) is 2. The normalized spacial score (nSPS) is 12.1. The van der Waals surface area contributed by atoms with E-state index in [1.807, 2.05) is 60.7 Å². The molecule has 0 saturated carbocycles. The Balaban J connectivity index is 1.03. The Morgan fingerprint density at radius 3 is 0.985 bits per heavy atom. The highest BCUT2D eigenvalue weighted by Crippen LogP contribution is 2.44. The van der Waals surface area contributed by atoms with Crippen LogP contribution in [0.3, 0.4) is 0 Å². The second kappa shape index (κ2) is 32.8. The Morgan fingerprint density at radius 1 is 0.368 bits per heavy atom. The van der Waals surface area contributed by atoms with Crippen molar-refractivity contribution in [2.75, 3.05) is 24.7 Å². The van der Waals surface area contributed by atoms with Crippen LogP contribution in [0.15, 0.2) is 92.4 Å². The predicted molar refractivity (Wildman–Crippen MR) is 291 cm³/mol. The van der Waals surface area contributed by atoms with Crippen LogP contribution in [-0.4, -0.2) is 24.8 Å². The first-order valence-electron chi connectivity index (χ1n) is 27.2. The lowest BCUT2D eigenvalue weighted by atomic mass is 9.84. The summed E-state index contributed by atoms with van der Waals surface area (Å²) in [6, 6.07) is 22.5. The largest absolute Gasteiger partial charge is 0.494 e. The standard InChI is InChI=1S/C60H86N2O4S2/c1-3-5-7-9-11-13-15-17-19-21-23-25-27-29-31-43-65-47-39-41-53(51(61)45-47)67-55-37-33-35-49-57(55)60(64)58-50(59(49)63)36-34-38-56(58)68-54-42-40-48(46-52(54)62)66-44-32-30-28-26-24-22-20-18-16-14-12-10-8-6-4-2/h33-42,45-46H,3-32,43-44,61-62H2,1-2H3. The lowest BCUT2D eigenvalue weighted by Gasteiger charge is -2.22. The van der Waals surface area contributed by atoms with Gasteiger partial charge in [-0.2, -0.15) is 0 Å². The number of unbranched alkanes of at least 4 members (excludes halogenated alkanes) is 28. The third-order valence-corrected chi connectivity index (χ3v) is 15.7. The van der Waals surface area contributed by atoms with E-state index in [0.717, 1.165) is 34.1 Å². The Morgan fingerprint density at radius 2 is 0.676 bits per heavy atom. The number of ketones is 2. The average molecular weight is 963 g/mol. The minimum atomic E-state index is -0.176. The van der Waals surface area contributed by atoms with Crippen LogP contribution >= 0.6 is 23.5 Å². The topological polar surface area (TPSA) is 105 Å². The second-order valence-electron chi connectivity index (χ2n) is 19.2. The highest BCUT2D eigenvalue weighted by molar-refractivity contribution is 8.00. The number of carbonyl (C=O) groups is 2. The molecule has 0 aliphatic heterocycles. The van der Waals surface area contributed by atoms with Gasteiger partial charge in [-0.05, 0) is 49.2 Å². The van der Waals surface area contributed by atoms with Gasteiger partial charge in [0, 0.05) is 65.3 Å². The van der Waals surface area contributed by atoms with Gasteiger partial charge in [0.25, 0.3) is 0 Å². The molecule has 68 heavy (non-hydrogen) atoms. The fourth-order valence-corrected chi connectivity index (χ4v) is 11.3. The number of nitrogens with two attached hydrogens (primary N) is 2. The van der Waals surface area contributed by atoms with Crippen molar-refractivity contribution in [3.63, 3.8) is 0 Å². The first kappa shape index (κ1) is 55.1. The zero-order chi connectivity index (χ0) is 48.0. The summed E-state index contributed by atoms with van der Waals surface area (Å²) < 4.78 is 12.2. The molecule has 0 amide bonds. The van der Waals surface area contributed by atoms with Gasteiger partial charge in [-0.3, -0.25) is 9.59 Å². The molecule has 0 fully saturated rings. The molecule has 4 aromatic rings. The molecule has 0 aromatic heterocycles. The number of rotatable bonds is 38. The molecule has 8 heteroatoms. The molecule has 4 N–H and O–H groups in total. The number of carbonyl (C=O) groups excluding carboxylic acids is 2. The van der Waals surface area contributed by atoms with Crippen molar-refractivity contribution in [3.8, 4) is 11.5 Å². The summed E-state index contributed by atoms with van der Waals surface area (Å²) in [5.41, 5.74) is 16.0. The van der Waals surface area contributed by atoms with E-state index in [4.69, 9.17) is 20.9 Å². The predicted octanol–water partition coefficient (Wildman–Crippen LogP) is 18.4. The van der Waals surface area contributed by atoms with Crippen LogP contribution in [0, 0.1) is 0 Å². The van der Waals surface area contributed by atoms with Gasteiger partial charge in [-0.15, -0.1) is 0 Å². The van der Waals surface area contributed by atoms with Crippen LogP contribution in [0.4, 0.5) is 11.4 Å². The molecule has 0 heterocycles. The molecule has 0 unspecified atom stereocenters. The van der Waals surface area contributed by atoms with Crippen molar-refractivity contribution in [2.45, 2.75) is 226 Å². The quantitative estimate of drug-likeness (QED) is 0.0298. The highest BCUT2D eigenvalue weighted by atomic mass is 32.2. The minimum absolute atomic E-state index is 0.162. The van der Waals surface area contributed by atoms with Crippen LogP contribution in [0.5, 0.6) is 11.5 Å². The molecule has 1 aliphatic rings. The molecule has 5 rings (SSSR count). The molecule has 0 saturated heterocycles. The smallest absolute Gasteiger partial charge is 0.196 e. The SMILES string of the molecule is CCCCCCCCCCCCCCCCCOc1ccc(Sc2cccc3c2C(=O)c2c(Sc4ccc(OCCCCCCCCCCCCCCCCC)cc4N)cccc2C3=O)c(N)c1. The monoisotopic (exact) mass is 963 g/mol. The van der Waals surface area contributed by atoms with E-state index >= 15 is 0 Å². The van der Waals surface area contributed by atoms with Gasteiger partial charge in [-0.25, -0.2) is 0 Å². The maximum atomic E-state index is 14.5. The molecule has 1 aliphatic carbocycles. The lowest BCUT2D eigenvalue weighted by molar-refractivity contribution is 0.0974. The first-order chi connectivity index (χ1) is 33.4. The van der Waals surface area contributed by atoms with Crippen molar-refractivity contribution >= 4 is 46.5 Å². The summed E-state index contributed by atoms with van der Waals surface area (Å²) >= 11 is 2.81. The third kappa shape index (κ3) is 19.1. The summed E-state index contributed by atoms with van der Waals surface area (Å²) in [5, 5.41) is 0. The fourth-order valence-electron chi connectivity index (χ4n) is 9.33. The maximum absolute atomic E-state index is 14.5. The zero-order valence-corrected chi connectivity index (χ0v) is 43.8. The van der Waals surface area contributed by atoms with Crippen molar-refractivity contribution in [3.05, 3.63) is 95.1 Å². The molecular weight excluding hydrogens is 877 g/mol. The van der Waals surface area contributed by atoms with Crippen molar-refractivity contribution in [2.24, 2.45) is 0 Å². The summed E-state index contributed by atoms with van der Waals surface area (Å²) in [5.74, 6) is 1.15. The van der Waals surface area contributed by atoms with E-state index in [1.54, 1.807) is 12.1 Å². The van der Waals surface area contributed by atoms with E-state index in [0.29, 0.717) is 56.6 Å². The van der Waals surface area contributed by atoms with Gasteiger partial charge in [-0.1, -0.05) is 241 Å². The Kier molecular flexibility index (Phi) is 26.6. The van der Waals surface area contributed by atoms with Gasteiger partial charge in [0.1, 0.15) is 11.5 Å². The first-order valence-corrected chi connectivity index (χ1v) is 28.8. The minimum Gasteiger partial charge on any atom is -0.494 e. The summed E-state index contributed by atoms with van der Waals surface area (Å²) in [7, 11) is 0. The van der Waals surface area contributed by atoms with Gasteiger partial charge < -0.3 is 20.9 Å². The fraction of sp³-hybridized carbons (Fsp3) is 0.567. The van der Waals surface area contributed by atoms with Crippen LogP contribution < -0.4 is 20.9 Å². The van der Waals surface area contributed by atoms with E-state index in [-0.39, 0.29) is 11.6 Å². The third-order valence-electron chi connectivity index (χ3n) is 13.4. The molecule has 0 radical (unpaired) electrons. The lowest BCUT2D eigenvalue weighted by Crippen LogP contribution is -2.22. The number of benzene rings is 4. The molecular formula is C60H86N2O4S2. The molecule has 0 atom stereocenters. The number of anilines is 2. The molecule has 6 nitrogen and oxygen atoms in total. The Bertz CT molecular complexity index is 1940. The summed E-state index contributed by atoms with van der Waals surface area (Å²) in [6.07, 6.45) is 40.0. The molecule has 4 aromatic carbocycles. The van der Waals surface area contributed by atoms with Gasteiger partial charge in [0.2, 0.25) is 0 Å². The maximum Gasteiger partial charge on any atom is 0.196 e. The van der Waals surface area contributed by atoms with E-state index < -0.39 is 0 Å². The number of fused-ring (bicyclic) bond motifs is 2. The van der Waals surface area contributed by atoms with E-state index in [9.17, 15) is 9.59 Å². The Hall–Kier alpha value is -3.88. The molecule has 0 spiro atoms. The van der Waals surface area contributed by atoms with Gasteiger partial charge >= 0.3 is 0 Å². The zero-order valence-electron chi connectivity index (χ0n) is 42.2. The highest BCUT2D eigenvalue weighted by Gasteiger charge is 2.34. The second-order valence-corrected chi connectivity index (χ2v) is 21.4. The summed E-state index contributed by atoms with van der Waals surface area (Å²) in [6.45, 7) is 5.89. The van der Waals surface area contributed by atoms with E-state index in [1.165, 1.54) is 203 Å². The number of hydrogen-bond donors (Lipinski definition) is 2. The van der Waals surface area contributed by atoms with Crippen LogP contribution in [0.1, 0.15) is 238 Å². The Labute approximate surface area is 420 Å². The average Bonchev–Trinajstić information content (AvgIpc) is 3.34. The van der Waals surface area contributed by atoms with Crippen LogP contribution in [-0.2, 0) is 0 Å². The van der Waals surface area contributed by atoms with Crippen molar-refractivity contribution in [1.82, 2.24) is 0 Å². The van der Waals surface area contributed by atoms with Crippen molar-refractivity contribution in [1.29, 1.82) is 0 Å². The van der Waals surface area contributed by atoms with Crippen LogP contribution in [0.2, 0.25) is 0 Å². The van der Waals surface area contributed by atoms with Gasteiger partial charge in [0.15, 0.2) is 11.6 Å². The number of nitrogen functional groups attached to an aromatic ring is 2. The van der Waals surface area contributed by atoms with E-state index in [2.05, 4.69) is 13.8 Å². The van der Waals surface area contributed by atoms with Crippen LogP contribution in [0.25, 0.3) is 0 Å². The number of hydrogen-bond acceptors (Lipinski definition) is 8.